The molecule has 0 amide bonds. The first-order valence-electron chi connectivity index (χ1n) is 6.35. The third-order valence-corrected chi connectivity index (χ3v) is 2.68. The molecule has 2 aromatic rings. The van der Waals surface area contributed by atoms with Crippen LogP contribution in [-0.4, -0.2) is 16.5 Å². The third-order valence-electron chi connectivity index (χ3n) is 2.68. The topological polar surface area (TPSA) is 61.0 Å². The van der Waals surface area contributed by atoms with Crippen molar-refractivity contribution >= 4 is 0 Å². The van der Waals surface area contributed by atoms with Gasteiger partial charge in [-0.15, -0.1) is 0 Å². The van der Waals surface area contributed by atoms with Crippen LogP contribution >= 0.6 is 0 Å². The number of nitrogens with two attached hydrogens (primary N) is 1. The Morgan fingerprint density at radius 2 is 1.81 bits per heavy atom. The first-order valence-corrected chi connectivity index (χ1v) is 6.35. The van der Waals surface area contributed by atoms with Crippen molar-refractivity contribution in [2.45, 2.75) is 19.0 Å². The summed E-state index contributed by atoms with van der Waals surface area (Å²) in [6.07, 6.45) is -0.117. The minimum absolute atomic E-state index is 0.0862. The number of aryl methyl sites for hydroxylation is 1. The van der Waals surface area contributed by atoms with Gasteiger partial charge in [-0.05, 0) is 31.2 Å². The number of benzene rings is 1. The Hall–Kier alpha value is -2.15. The summed E-state index contributed by atoms with van der Waals surface area (Å²) < 4.78 is 43.1. The maximum Gasteiger partial charge on any atom is 0.416 e. The number of rotatable bonds is 5. The Bertz CT molecular complexity index is 585. The summed E-state index contributed by atoms with van der Waals surface area (Å²) in [5.41, 5.74) is 4.62. The van der Waals surface area contributed by atoms with E-state index in [4.69, 9.17) is 10.5 Å². The molecular weight excluding hydrogens is 283 g/mol. The zero-order valence-electron chi connectivity index (χ0n) is 11.1. The van der Waals surface area contributed by atoms with Crippen LogP contribution in [0.15, 0.2) is 36.7 Å². The van der Waals surface area contributed by atoms with Gasteiger partial charge in [0.25, 0.3) is 0 Å². The molecule has 0 atom stereocenters. The molecule has 0 fully saturated rings. The molecule has 0 aliphatic rings. The fraction of sp³-hybridized carbons (Fsp3) is 0.286. The second-order valence-corrected chi connectivity index (χ2v) is 4.35. The van der Waals surface area contributed by atoms with Gasteiger partial charge in [0.1, 0.15) is 11.6 Å². The summed E-state index contributed by atoms with van der Waals surface area (Å²) in [5.74, 6) is 0.991. The molecule has 0 bridgehead atoms. The third kappa shape index (κ3) is 4.42. The number of hydrogen-bond acceptors (Lipinski definition) is 4. The molecule has 0 saturated heterocycles. The van der Waals surface area contributed by atoms with E-state index in [1.54, 1.807) is 0 Å². The molecule has 0 spiro atoms. The van der Waals surface area contributed by atoms with Crippen molar-refractivity contribution in [2.24, 2.45) is 5.73 Å². The summed E-state index contributed by atoms with van der Waals surface area (Å²) in [4.78, 5) is 8.14. The van der Waals surface area contributed by atoms with Crippen molar-refractivity contribution < 1.29 is 17.9 Å². The normalized spacial score (nSPS) is 11.4. The monoisotopic (exact) mass is 297 g/mol. The van der Waals surface area contributed by atoms with Crippen LogP contribution in [0.2, 0.25) is 0 Å². The van der Waals surface area contributed by atoms with E-state index in [1.807, 2.05) is 0 Å². The van der Waals surface area contributed by atoms with Crippen LogP contribution in [0.4, 0.5) is 13.2 Å². The van der Waals surface area contributed by atoms with Crippen LogP contribution in [0.5, 0.6) is 11.5 Å². The predicted molar refractivity (Wildman–Crippen MR) is 70.9 cm³/mol. The van der Waals surface area contributed by atoms with Gasteiger partial charge in [-0.3, -0.25) is 0 Å². The predicted octanol–water partition coefficient (Wildman–Crippen LogP) is 3.18. The number of nitrogens with zero attached hydrogens (tertiary/aromatic N) is 2. The van der Waals surface area contributed by atoms with E-state index in [-0.39, 0.29) is 11.5 Å². The molecule has 7 heteroatoms. The van der Waals surface area contributed by atoms with Gasteiger partial charge in [0.15, 0.2) is 5.75 Å². The molecule has 0 saturated carbocycles. The molecule has 2 rings (SSSR count). The van der Waals surface area contributed by atoms with Gasteiger partial charge < -0.3 is 10.5 Å². The minimum Gasteiger partial charge on any atom is -0.454 e. The molecule has 2 N–H and O–H groups in total. The molecule has 0 radical (unpaired) electrons. The summed E-state index contributed by atoms with van der Waals surface area (Å²) in [7, 11) is 0. The maximum atomic E-state index is 12.6. The molecular formula is C14H14F3N3O. The lowest BCUT2D eigenvalue weighted by molar-refractivity contribution is -0.137. The number of ether oxygens (including phenoxy) is 1. The molecule has 0 aliphatic carbocycles. The van der Waals surface area contributed by atoms with Crippen molar-refractivity contribution in [3.63, 3.8) is 0 Å². The second-order valence-electron chi connectivity index (χ2n) is 4.35. The van der Waals surface area contributed by atoms with Gasteiger partial charge >= 0.3 is 6.18 Å². The van der Waals surface area contributed by atoms with Crippen molar-refractivity contribution in [1.29, 1.82) is 0 Å². The van der Waals surface area contributed by atoms with Gasteiger partial charge in [0, 0.05) is 6.42 Å². The molecule has 4 nitrogen and oxygen atoms in total. The lowest BCUT2D eigenvalue weighted by atomic mass is 10.2. The summed E-state index contributed by atoms with van der Waals surface area (Å²) in [6.45, 7) is 0.547. The van der Waals surface area contributed by atoms with E-state index >= 15 is 0 Å². The van der Waals surface area contributed by atoms with Gasteiger partial charge in [0.2, 0.25) is 0 Å². The standard InChI is InChI=1S/C14H14F3N3O/c15-14(16,17)10-3-1-4-11(7-10)21-12-8-19-13(20-9-12)5-2-6-18/h1,3-4,7-9H,2,5-6,18H2. The highest BCUT2D eigenvalue weighted by molar-refractivity contribution is 5.33. The van der Waals surface area contributed by atoms with E-state index in [0.717, 1.165) is 18.6 Å². The van der Waals surface area contributed by atoms with Crippen molar-refractivity contribution in [3.8, 4) is 11.5 Å². The number of hydrogen-bond donors (Lipinski definition) is 1. The molecule has 112 valence electrons. The van der Waals surface area contributed by atoms with Crippen molar-refractivity contribution in [3.05, 3.63) is 48.0 Å². The fourth-order valence-electron chi connectivity index (χ4n) is 1.66. The first kappa shape index (κ1) is 15.2. The van der Waals surface area contributed by atoms with Gasteiger partial charge in [-0.25, -0.2) is 9.97 Å². The zero-order chi connectivity index (χ0) is 15.3. The van der Waals surface area contributed by atoms with Crippen molar-refractivity contribution in [2.75, 3.05) is 6.54 Å². The first-order chi connectivity index (χ1) is 9.99. The maximum absolute atomic E-state index is 12.6. The van der Waals surface area contributed by atoms with E-state index in [9.17, 15) is 13.2 Å². The SMILES string of the molecule is NCCCc1ncc(Oc2cccc(C(F)(F)F)c2)cn1. The Morgan fingerprint density at radius 1 is 1.10 bits per heavy atom. The minimum atomic E-state index is -4.40. The van der Waals surface area contributed by atoms with E-state index in [2.05, 4.69) is 9.97 Å². The highest BCUT2D eigenvalue weighted by Gasteiger charge is 2.30. The van der Waals surface area contributed by atoms with Gasteiger partial charge in [-0.1, -0.05) is 6.07 Å². The summed E-state index contributed by atoms with van der Waals surface area (Å²) in [5, 5.41) is 0. The lowest BCUT2D eigenvalue weighted by Gasteiger charge is -2.09. The van der Waals surface area contributed by atoms with Crippen molar-refractivity contribution in [1.82, 2.24) is 9.97 Å². The van der Waals surface area contributed by atoms with Crippen LogP contribution in [0.1, 0.15) is 17.8 Å². The average Bonchev–Trinajstić information content (AvgIpc) is 2.46. The van der Waals surface area contributed by atoms with E-state index in [1.165, 1.54) is 24.5 Å². The summed E-state index contributed by atoms with van der Waals surface area (Å²) in [6, 6.07) is 4.65. The molecule has 1 aromatic carbocycles. The van der Waals surface area contributed by atoms with Crippen LogP contribution < -0.4 is 10.5 Å². The Balaban J connectivity index is 2.08. The number of halogens is 3. The van der Waals surface area contributed by atoms with Crippen LogP contribution in [0.25, 0.3) is 0 Å². The molecule has 21 heavy (non-hydrogen) atoms. The molecule has 1 heterocycles. The van der Waals surface area contributed by atoms with Crippen LogP contribution in [-0.2, 0) is 12.6 Å². The fourth-order valence-corrected chi connectivity index (χ4v) is 1.66. The molecule has 0 unspecified atom stereocenters. The molecule has 0 aliphatic heterocycles. The Morgan fingerprint density at radius 3 is 2.43 bits per heavy atom. The quantitative estimate of drug-likeness (QED) is 0.920. The van der Waals surface area contributed by atoms with Crippen LogP contribution in [0.3, 0.4) is 0 Å². The van der Waals surface area contributed by atoms with Gasteiger partial charge in [0.05, 0.1) is 18.0 Å². The number of aromatic nitrogens is 2. The summed E-state index contributed by atoms with van der Waals surface area (Å²) >= 11 is 0. The lowest BCUT2D eigenvalue weighted by Crippen LogP contribution is -2.04. The van der Waals surface area contributed by atoms with Gasteiger partial charge in [-0.2, -0.15) is 13.2 Å². The molecule has 1 aromatic heterocycles. The van der Waals surface area contributed by atoms with Crippen LogP contribution in [0, 0.1) is 0 Å². The largest absolute Gasteiger partial charge is 0.454 e. The highest BCUT2D eigenvalue weighted by atomic mass is 19.4. The smallest absolute Gasteiger partial charge is 0.416 e. The Labute approximate surface area is 119 Å². The second kappa shape index (κ2) is 6.53. The average molecular weight is 297 g/mol. The van der Waals surface area contributed by atoms with E-state index in [0.29, 0.717) is 18.8 Å². The zero-order valence-corrected chi connectivity index (χ0v) is 11.1. The Kier molecular flexibility index (Phi) is 4.74. The number of alkyl halides is 3. The highest BCUT2D eigenvalue weighted by Crippen LogP contribution is 2.32. The van der Waals surface area contributed by atoms with E-state index < -0.39 is 11.7 Å².